The monoisotopic (exact) mass is 1030 g/mol. The Kier molecular flexibility index (Phi) is 9.21. The molecule has 4 heteroatoms. The fraction of sp³-hybridized carbons (Fsp3) is 0.0811. The van der Waals surface area contributed by atoms with E-state index in [1.54, 1.807) is 0 Å². The minimum atomic E-state index is -0.493. The van der Waals surface area contributed by atoms with Crippen LogP contribution in [0.3, 0.4) is 0 Å². The van der Waals surface area contributed by atoms with Crippen molar-refractivity contribution in [2.75, 3.05) is 0 Å². The van der Waals surface area contributed by atoms with E-state index in [2.05, 4.69) is 113 Å². The van der Waals surface area contributed by atoms with Gasteiger partial charge in [0.25, 0.3) is 0 Å². The summed E-state index contributed by atoms with van der Waals surface area (Å²) >= 11 is 6.43. The number of benzene rings is 14. The van der Waals surface area contributed by atoms with Gasteiger partial charge < -0.3 is 9.31 Å². The van der Waals surface area contributed by atoms with Crippen molar-refractivity contribution >= 4 is 110 Å². The van der Waals surface area contributed by atoms with Gasteiger partial charge in [0.05, 0.1) is 24.9 Å². The number of fused-ring (bicyclic) bond motifs is 10. The zero-order valence-corrected chi connectivity index (χ0v) is 44.0. The molecule has 0 radical (unpaired) electrons. The summed E-state index contributed by atoms with van der Waals surface area (Å²) in [6, 6.07) is 62.4. The van der Waals surface area contributed by atoms with Crippen LogP contribution in [0, 0.1) is 0 Å². The zero-order chi connectivity index (χ0) is 61.4. The van der Waals surface area contributed by atoms with E-state index in [0.717, 1.165) is 114 Å². The van der Waals surface area contributed by atoms with Gasteiger partial charge in [-0.15, -0.1) is 0 Å². The van der Waals surface area contributed by atoms with Gasteiger partial charge in [-0.05, 0) is 188 Å². The van der Waals surface area contributed by atoms with Crippen molar-refractivity contribution in [3.05, 3.63) is 260 Å². The van der Waals surface area contributed by atoms with Crippen LogP contribution in [0.1, 0.15) is 41.4 Å². The summed E-state index contributed by atoms with van der Waals surface area (Å²) in [6.07, 6.45) is 0. The predicted octanol–water partition coefficient (Wildman–Crippen LogP) is 20.2. The van der Waals surface area contributed by atoms with Crippen molar-refractivity contribution in [3.63, 3.8) is 0 Å². The third-order valence-electron chi connectivity index (χ3n) is 16.1. The lowest BCUT2D eigenvalue weighted by atomic mass is 9.77. The summed E-state index contributed by atoms with van der Waals surface area (Å²) in [5.74, 6) is 0. The molecule has 14 aromatic rings. The van der Waals surface area contributed by atoms with Crippen LogP contribution < -0.4 is 5.46 Å². The highest BCUT2D eigenvalue weighted by molar-refractivity contribution is 6.62. The molecule has 1 heterocycles. The third kappa shape index (κ3) is 7.87. The fourth-order valence-corrected chi connectivity index (χ4v) is 12.1. The van der Waals surface area contributed by atoms with Crippen molar-refractivity contribution in [1.29, 1.82) is 0 Å². The van der Waals surface area contributed by atoms with Gasteiger partial charge in [0.2, 0.25) is 0 Å². The smallest absolute Gasteiger partial charge is 0.399 e. The number of rotatable bonds is 5. The normalized spacial score (nSPS) is 15.8. The highest BCUT2D eigenvalue weighted by Crippen LogP contribution is 2.49. The summed E-state index contributed by atoms with van der Waals surface area (Å²) in [5, 5.41) is 16.5. The van der Waals surface area contributed by atoms with Crippen LogP contribution in [0.25, 0.3) is 131 Å². The van der Waals surface area contributed by atoms with Gasteiger partial charge in [0, 0.05) is 5.02 Å². The largest absolute Gasteiger partial charge is 0.494 e. The van der Waals surface area contributed by atoms with Gasteiger partial charge in [0.15, 0.2) is 0 Å². The maximum absolute atomic E-state index is 8.89. The lowest BCUT2D eigenvalue weighted by molar-refractivity contribution is 0.00578. The summed E-state index contributed by atoms with van der Waals surface area (Å²) in [4.78, 5) is 0. The molecule has 0 atom stereocenters. The quantitative estimate of drug-likeness (QED) is 0.0972. The van der Waals surface area contributed by atoms with E-state index in [-0.39, 0.29) is 59.5 Å². The second-order valence-corrected chi connectivity index (χ2v) is 21.5. The molecule has 0 N–H and O–H groups in total. The average molecular weight is 1030 g/mol. The minimum Gasteiger partial charge on any atom is -0.399 e. The molecular formula is C74H54BClO2. The van der Waals surface area contributed by atoms with E-state index in [4.69, 9.17) is 34.6 Å². The molecular weight excluding hydrogens is 967 g/mol. The topological polar surface area (TPSA) is 18.5 Å². The van der Waals surface area contributed by atoms with Crippen LogP contribution in [0.4, 0.5) is 0 Å². The molecule has 0 aliphatic carbocycles. The molecule has 15 rings (SSSR count). The molecule has 1 fully saturated rings. The second-order valence-electron chi connectivity index (χ2n) is 21.1. The molecule has 1 saturated heterocycles. The molecule has 2 nitrogen and oxygen atoms in total. The van der Waals surface area contributed by atoms with E-state index >= 15 is 0 Å². The van der Waals surface area contributed by atoms with Gasteiger partial charge in [-0.25, -0.2) is 0 Å². The summed E-state index contributed by atoms with van der Waals surface area (Å²) < 4.78 is 98.1. The van der Waals surface area contributed by atoms with Crippen LogP contribution in [0.15, 0.2) is 255 Å². The van der Waals surface area contributed by atoms with Crippen molar-refractivity contribution in [2.45, 2.75) is 38.9 Å². The first-order valence-electron chi connectivity index (χ1n) is 31.2. The fourth-order valence-electron chi connectivity index (χ4n) is 11.9. The van der Waals surface area contributed by atoms with E-state index in [0.29, 0.717) is 16.1 Å². The summed E-state index contributed by atoms with van der Waals surface area (Å²) in [5.41, 5.74) is 5.87. The summed E-state index contributed by atoms with van der Waals surface area (Å²) in [6.45, 7) is 8.24. The van der Waals surface area contributed by atoms with Crippen LogP contribution in [-0.2, 0) is 9.31 Å². The van der Waals surface area contributed by atoms with Gasteiger partial charge >= 0.3 is 7.12 Å². The Labute approximate surface area is 474 Å². The second kappa shape index (κ2) is 18.9. The molecule has 0 aromatic heterocycles. The van der Waals surface area contributed by atoms with Crippen molar-refractivity contribution in [2.24, 2.45) is 0 Å². The highest BCUT2D eigenvalue weighted by atomic mass is 35.5. The van der Waals surface area contributed by atoms with Gasteiger partial charge in [-0.3, -0.25) is 0 Å². The maximum Gasteiger partial charge on any atom is 0.494 e. The van der Waals surface area contributed by atoms with Gasteiger partial charge in [-0.1, -0.05) is 242 Å². The van der Waals surface area contributed by atoms with Crippen molar-refractivity contribution < 1.29 is 23.0 Å². The maximum atomic E-state index is 8.89. The Morgan fingerprint density at radius 1 is 0.333 bits per heavy atom. The molecule has 0 bridgehead atoms. The molecule has 1 aliphatic rings. The van der Waals surface area contributed by atoms with Crippen molar-refractivity contribution in [3.8, 4) is 44.5 Å². The average Bonchev–Trinajstić information content (AvgIpc) is 1.10. The molecule has 0 spiro atoms. The van der Waals surface area contributed by atoms with Gasteiger partial charge in [0.1, 0.15) is 0 Å². The van der Waals surface area contributed by atoms with Crippen LogP contribution in [-0.4, -0.2) is 18.3 Å². The van der Waals surface area contributed by atoms with Crippen LogP contribution in [0.5, 0.6) is 0 Å². The molecule has 0 saturated carbocycles. The van der Waals surface area contributed by atoms with Crippen LogP contribution in [0.2, 0.25) is 5.02 Å². The molecule has 0 unspecified atom stereocenters. The summed E-state index contributed by atoms with van der Waals surface area (Å²) in [7, 11) is -0.493. The molecule has 0 amide bonds. The third-order valence-corrected chi connectivity index (χ3v) is 16.4. The van der Waals surface area contributed by atoms with Crippen molar-refractivity contribution in [1.82, 2.24) is 0 Å². The predicted molar refractivity (Wildman–Crippen MR) is 335 cm³/mol. The number of hydrogen-bond donors (Lipinski definition) is 0. The Bertz CT molecular complexity index is 5150. The first kappa shape index (κ1) is 38.1. The zero-order valence-electron chi connectivity index (χ0n) is 53.2. The standard InChI is InChI=1S/C40H33BO2.C34H21Cl/c1-39(2)40(3,4)43-41(42-39)28-22-23-29-27(24-28)25-36(31-17-9-8-16-30(29)31)38-34-20-12-10-18-32(34)37(26-14-6-5-7-15-26)33-19-11-13-21-35(33)38;35-24-18-19-25-23(20-24)21-32(27-13-5-4-12-26(25)27)34-30-16-8-6-14-28(30)33(22-10-2-1-3-11-22)29-15-7-9-17-31(29)34/h5-25H,1-4H3;1-21H/i5D,6D,7D,14D,15D;1D,2D,3D,10D,11D. The number of hydrogen-bond acceptors (Lipinski definition) is 2. The molecule has 372 valence electrons. The van der Waals surface area contributed by atoms with E-state index in [1.165, 1.54) is 0 Å². The SMILES string of the molecule is [2H]c1c([2H])c([2H])c(-c2c3ccccc3c(-c3cc4cc(B5OC(C)(C)C(C)(C)O5)ccc4c4ccccc34)c3ccccc23)c([2H])c1[2H].[2H]c1c([2H])c([2H])c(-c2c3ccccc3c(-c3cc4cc(Cl)ccc4c4ccccc34)c3ccccc23)c([2H])c1[2H]. The molecule has 14 aromatic carbocycles. The minimum absolute atomic E-state index is 0.204. The lowest BCUT2D eigenvalue weighted by Gasteiger charge is -2.32. The van der Waals surface area contributed by atoms with E-state index < -0.39 is 30.4 Å². The first-order chi connectivity index (χ1) is 42.3. The van der Waals surface area contributed by atoms with E-state index in [9.17, 15) is 0 Å². The molecule has 1 aliphatic heterocycles. The number of halogens is 1. The van der Waals surface area contributed by atoms with E-state index in [1.807, 2.05) is 109 Å². The lowest BCUT2D eigenvalue weighted by Crippen LogP contribution is -2.41. The Morgan fingerprint density at radius 2 is 0.654 bits per heavy atom. The Morgan fingerprint density at radius 3 is 1.04 bits per heavy atom. The van der Waals surface area contributed by atoms with Gasteiger partial charge in [-0.2, -0.15) is 0 Å². The molecule has 78 heavy (non-hydrogen) atoms. The highest BCUT2D eigenvalue weighted by Gasteiger charge is 2.51. The Balaban J connectivity index is 0.000000157. The Hall–Kier alpha value is -8.57. The van der Waals surface area contributed by atoms with Crippen LogP contribution >= 0.6 is 11.6 Å². The first-order valence-corrected chi connectivity index (χ1v) is 26.6.